The van der Waals surface area contributed by atoms with Gasteiger partial charge in [-0.2, -0.15) is 0 Å². The van der Waals surface area contributed by atoms with E-state index in [9.17, 15) is 0 Å². The van der Waals surface area contributed by atoms with Crippen LogP contribution in [0.1, 0.15) is 39.7 Å². The summed E-state index contributed by atoms with van der Waals surface area (Å²) in [7, 11) is 0. The maximum atomic E-state index is 6.25. The monoisotopic (exact) mass is 287 g/mol. The van der Waals surface area contributed by atoms with E-state index in [4.69, 9.17) is 23.2 Å². The fourth-order valence-electron chi connectivity index (χ4n) is 2.52. The van der Waals surface area contributed by atoms with Crippen LogP contribution in [0.4, 0.5) is 0 Å². The van der Waals surface area contributed by atoms with Crippen LogP contribution in [0.5, 0.6) is 0 Å². The van der Waals surface area contributed by atoms with Gasteiger partial charge in [0.1, 0.15) is 0 Å². The molecule has 18 heavy (non-hydrogen) atoms. The maximum absolute atomic E-state index is 6.25. The molecular formula is C15H23Cl2N. The van der Waals surface area contributed by atoms with Gasteiger partial charge in [0, 0.05) is 6.04 Å². The number of hydrogen-bond donors (Lipinski definition) is 1. The standard InChI is InChI=1S/C15H23Cl2N/c1-5-18-11(2)9-15(3,4)10-12-7-6-8-13(16)14(12)17/h6-8,11,18H,5,9-10H2,1-4H3. The number of halogens is 2. The maximum Gasteiger partial charge on any atom is 0.0624 e. The van der Waals surface area contributed by atoms with Crippen LogP contribution in [0, 0.1) is 5.41 Å². The molecule has 0 saturated carbocycles. The topological polar surface area (TPSA) is 12.0 Å². The van der Waals surface area contributed by atoms with Crippen LogP contribution in [-0.4, -0.2) is 12.6 Å². The summed E-state index contributed by atoms with van der Waals surface area (Å²) in [4.78, 5) is 0. The van der Waals surface area contributed by atoms with Crippen LogP contribution in [0.25, 0.3) is 0 Å². The van der Waals surface area contributed by atoms with Gasteiger partial charge in [0.25, 0.3) is 0 Å². The third kappa shape index (κ3) is 4.79. The zero-order valence-electron chi connectivity index (χ0n) is 11.7. The Labute approximate surface area is 121 Å². The van der Waals surface area contributed by atoms with E-state index < -0.39 is 0 Å². The van der Waals surface area contributed by atoms with Gasteiger partial charge in [0.15, 0.2) is 0 Å². The first-order chi connectivity index (χ1) is 8.35. The molecule has 0 aliphatic carbocycles. The summed E-state index contributed by atoms with van der Waals surface area (Å²) in [6.45, 7) is 9.92. The van der Waals surface area contributed by atoms with E-state index in [2.05, 4.69) is 39.1 Å². The van der Waals surface area contributed by atoms with Crippen LogP contribution in [0.2, 0.25) is 10.0 Å². The smallest absolute Gasteiger partial charge is 0.0624 e. The zero-order valence-corrected chi connectivity index (χ0v) is 13.2. The lowest BCUT2D eigenvalue weighted by atomic mass is 9.80. The van der Waals surface area contributed by atoms with Crippen LogP contribution in [0.15, 0.2) is 18.2 Å². The van der Waals surface area contributed by atoms with Crippen molar-refractivity contribution >= 4 is 23.2 Å². The van der Waals surface area contributed by atoms with Crippen molar-refractivity contribution in [3.8, 4) is 0 Å². The molecule has 0 bridgehead atoms. The van der Waals surface area contributed by atoms with Crippen molar-refractivity contribution in [2.45, 2.75) is 46.6 Å². The van der Waals surface area contributed by atoms with E-state index in [0.29, 0.717) is 16.1 Å². The highest BCUT2D eigenvalue weighted by Gasteiger charge is 2.22. The van der Waals surface area contributed by atoms with Crippen molar-refractivity contribution < 1.29 is 0 Å². The highest BCUT2D eigenvalue weighted by atomic mass is 35.5. The first-order valence-electron chi connectivity index (χ1n) is 6.52. The molecule has 1 aromatic carbocycles. The molecule has 0 aliphatic heterocycles. The highest BCUT2D eigenvalue weighted by Crippen LogP contribution is 2.33. The third-order valence-corrected chi connectivity index (χ3v) is 3.97. The molecule has 0 radical (unpaired) electrons. The Hall–Kier alpha value is -0.240. The summed E-state index contributed by atoms with van der Waals surface area (Å²) in [6, 6.07) is 6.38. The van der Waals surface area contributed by atoms with Gasteiger partial charge in [0.2, 0.25) is 0 Å². The highest BCUT2D eigenvalue weighted by molar-refractivity contribution is 6.42. The number of benzene rings is 1. The molecule has 3 heteroatoms. The average molecular weight is 288 g/mol. The van der Waals surface area contributed by atoms with Crippen LogP contribution >= 0.6 is 23.2 Å². The minimum Gasteiger partial charge on any atom is -0.315 e. The van der Waals surface area contributed by atoms with Gasteiger partial charge < -0.3 is 5.32 Å². The van der Waals surface area contributed by atoms with Crippen molar-refractivity contribution in [2.75, 3.05) is 6.54 Å². The molecule has 0 spiro atoms. The van der Waals surface area contributed by atoms with Crippen molar-refractivity contribution in [1.29, 1.82) is 0 Å². The molecule has 1 N–H and O–H groups in total. The molecule has 1 atom stereocenters. The Bertz CT molecular complexity index is 388. The van der Waals surface area contributed by atoms with Crippen LogP contribution in [-0.2, 0) is 6.42 Å². The molecule has 1 aromatic rings. The van der Waals surface area contributed by atoms with E-state index >= 15 is 0 Å². The lowest BCUT2D eigenvalue weighted by Gasteiger charge is -2.29. The molecule has 1 unspecified atom stereocenters. The predicted octanol–water partition coefficient (Wildman–Crippen LogP) is 4.95. The average Bonchev–Trinajstić information content (AvgIpc) is 2.24. The second-order valence-corrected chi connectivity index (χ2v) is 6.50. The lowest BCUT2D eigenvalue weighted by molar-refractivity contribution is 0.289. The van der Waals surface area contributed by atoms with E-state index in [1.54, 1.807) is 0 Å². The molecule has 1 rings (SSSR count). The SMILES string of the molecule is CCNC(C)CC(C)(C)Cc1cccc(Cl)c1Cl. The van der Waals surface area contributed by atoms with Crippen molar-refractivity contribution in [3.05, 3.63) is 33.8 Å². The molecule has 102 valence electrons. The Morgan fingerprint density at radius 1 is 1.28 bits per heavy atom. The summed E-state index contributed by atoms with van der Waals surface area (Å²) >= 11 is 12.3. The zero-order chi connectivity index (χ0) is 13.8. The number of rotatable bonds is 6. The van der Waals surface area contributed by atoms with Gasteiger partial charge in [-0.25, -0.2) is 0 Å². The molecule has 0 aromatic heterocycles. The quantitative estimate of drug-likeness (QED) is 0.781. The van der Waals surface area contributed by atoms with E-state index in [0.717, 1.165) is 24.9 Å². The fourth-order valence-corrected chi connectivity index (χ4v) is 2.91. The minimum atomic E-state index is 0.204. The first kappa shape index (κ1) is 15.8. The minimum absolute atomic E-state index is 0.204. The van der Waals surface area contributed by atoms with Gasteiger partial charge in [0.05, 0.1) is 10.0 Å². The molecule has 0 amide bonds. The number of nitrogens with one attached hydrogen (secondary N) is 1. The molecule has 0 saturated heterocycles. The van der Waals surface area contributed by atoms with Gasteiger partial charge >= 0.3 is 0 Å². The Balaban J connectivity index is 2.72. The van der Waals surface area contributed by atoms with Crippen molar-refractivity contribution in [1.82, 2.24) is 5.32 Å². The molecular weight excluding hydrogens is 265 g/mol. The molecule has 1 nitrogen and oxygen atoms in total. The molecule has 0 fully saturated rings. The second kappa shape index (κ2) is 6.79. The Morgan fingerprint density at radius 2 is 1.94 bits per heavy atom. The predicted molar refractivity (Wildman–Crippen MR) is 81.7 cm³/mol. The normalized spacial score (nSPS) is 13.7. The largest absolute Gasteiger partial charge is 0.315 e. The Morgan fingerprint density at radius 3 is 2.56 bits per heavy atom. The molecule has 0 aliphatic rings. The lowest BCUT2D eigenvalue weighted by Crippen LogP contribution is -2.32. The summed E-state index contributed by atoms with van der Waals surface area (Å²) in [5.74, 6) is 0. The Kier molecular flexibility index (Phi) is 5.97. The van der Waals surface area contributed by atoms with Crippen molar-refractivity contribution in [3.63, 3.8) is 0 Å². The van der Waals surface area contributed by atoms with Crippen LogP contribution in [0.3, 0.4) is 0 Å². The van der Waals surface area contributed by atoms with E-state index in [1.165, 1.54) is 0 Å². The first-order valence-corrected chi connectivity index (χ1v) is 7.27. The summed E-state index contributed by atoms with van der Waals surface area (Å²) in [5.41, 5.74) is 1.34. The van der Waals surface area contributed by atoms with Crippen LogP contribution < -0.4 is 5.32 Å². The summed E-state index contributed by atoms with van der Waals surface area (Å²) < 4.78 is 0. The van der Waals surface area contributed by atoms with Crippen molar-refractivity contribution in [2.24, 2.45) is 5.41 Å². The summed E-state index contributed by atoms with van der Waals surface area (Å²) in [5, 5.41) is 4.80. The van der Waals surface area contributed by atoms with Gasteiger partial charge in [-0.3, -0.25) is 0 Å². The second-order valence-electron chi connectivity index (χ2n) is 5.72. The number of hydrogen-bond acceptors (Lipinski definition) is 1. The van der Waals surface area contributed by atoms with Gasteiger partial charge in [-0.1, -0.05) is 56.1 Å². The van der Waals surface area contributed by atoms with Gasteiger partial charge in [-0.15, -0.1) is 0 Å². The molecule has 0 heterocycles. The third-order valence-electron chi connectivity index (χ3n) is 3.11. The fraction of sp³-hybridized carbons (Fsp3) is 0.600. The summed E-state index contributed by atoms with van der Waals surface area (Å²) in [6.07, 6.45) is 2.06. The van der Waals surface area contributed by atoms with E-state index in [1.807, 2.05) is 12.1 Å². The van der Waals surface area contributed by atoms with E-state index in [-0.39, 0.29) is 5.41 Å². The van der Waals surface area contributed by atoms with Gasteiger partial charge in [-0.05, 0) is 43.4 Å².